The highest BCUT2D eigenvalue weighted by Crippen LogP contribution is 2.18. The number of fused-ring (bicyclic) bond motifs is 1. The Labute approximate surface area is 129 Å². The topological polar surface area (TPSA) is 43.2 Å². The van der Waals surface area contributed by atoms with E-state index in [2.05, 4.69) is 26.5 Å². The smallest absolute Gasteiger partial charge is 0.160 e. The molecule has 3 heterocycles. The second kappa shape index (κ2) is 6.30. The minimum atomic E-state index is 0.178. The lowest BCUT2D eigenvalue weighted by Gasteiger charge is -2.30. The highest BCUT2D eigenvalue weighted by atomic mass is 35.5. The van der Waals surface area contributed by atoms with Crippen molar-refractivity contribution in [3.63, 3.8) is 0 Å². The van der Waals surface area contributed by atoms with Gasteiger partial charge in [0, 0.05) is 31.1 Å². The number of ether oxygens (including phenoxy) is 1. The van der Waals surface area contributed by atoms with Gasteiger partial charge in [-0.1, -0.05) is 0 Å². The van der Waals surface area contributed by atoms with Gasteiger partial charge in [0.15, 0.2) is 5.65 Å². The summed E-state index contributed by atoms with van der Waals surface area (Å²) in [6.45, 7) is 5.50. The van der Waals surface area contributed by atoms with Gasteiger partial charge in [-0.3, -0.25) is 0 Å². The Kier molecular flexibility index (Phi) is 4.42. The third kappa shape index (κ3) is 3.20. The van der Waals surface area contributed by atoms with Crippen molar-refractivity contribution in [2.45, 2.75) is 26.0 Å². The molecule has 0 bridgehead atoms. The standard InChI is InChI=1S/C15H21ClN4O/c1-11-3-4-13-15(17-11)20(14(18-13)5-6-16)10-12-9-19(2)7-8-21-12/h3-4,12H,5-10H2,1-2H3. The Morgan fingerprint density at radius 1 is 1.38 bits per heavy atom. The molecule has 6 heteroatoms. The number of morpholine rings is 1. The maximum Gasteiger partial charge on any atom is 0.160 e. The SMILES string of the molecule is Cc1ccc2nc(CCCl)n(CC3CN(C)CCO3)c2n1. The normalized spacial score (nSPS) is 20.2. The quantitative estimate of drug-likeness (QED) is 0.809. The van der Waals surface area contributed by atoms with Crippen LogP contribution in [0.1, 0.15) is 11.5 Å². The first kappa shape index (κ1) is 14.8. The minimum Gasteiger partial charge on any atom is -0.374 e. The Balaban J connectivity index is 1.94. The summed E-state index contributed by atoms with van der Waals surface area (Å²) in [5.41, 5.74) is 2.87. The molecule has 1 aliphatic rings. The predicted molar refractivity (Wildman–Crippen MR) is 83.9 cm³/mol. The summed E-state index contributed by atoms with van der Waals surface area (Å²) in [5.74, 6) is 1.56. The van der Waals surface area contributed by atoms with E-state index in [0.29, 0.717) is 5.88 Å². The number of rotatable bonds is 4. The van der Waals surface area contributed by atoms with Crippen LogP contribution in [0.25, 0.3) is 11.2 Å². The zero-order valence-electron chi connectivity index (χ0n) is 12.5. The summed E-state index contributed by atoms with van der Waals surface area (Å²) < 4.78 is 8.06. The second-order valence-corrected chi connectivity index (χ2v) is 6.01. The number of pyridine rings is 1. The molecule has 1 fully saturated rings. The van der Waals surface area contributed by atoms with E-state index < -0.39 is 0 Å². The van der Waals surface area contributed by atoms with Gasteiger partial charge in [0.1, 0.15) is 11.3 Å². The molecule has 1 unspecified atom stereocenters. The summed E-state index contributed by atoms with van der Waals surface area (Å²) in [4.78, 5) is 11.6. The molecule has 0 saturated carbocycles. The van der Waals surface area contributed by atoms with E-state index in [1.54, 1.807) is 0 Å². The molecule has 2 aromatic heterocycles. The Bertz CT molecular complexity index is 627. The van der Waals surface area contributed by atoms with Gasteiger partial charge in [0.2, 0.25) is 0 Å². The van der Waals surface area contributed by atoms with Crippen LogP contribution in [0.4, 0.5) is 0 Å². The first-order chi connectivity index (χ1) is 10.2. The fraction of sp³-hybridized carbons (Fsp3) is 0.600. The number of nitrogens with zero attached hydrogens (tertiary/aromatic N) is 4. The van der Waals surface area contributed by atoms with Crippen LogP contribution in [0.15, 0.2) is 12.1 Å². The summed E-state index contributed by atoms with van der Waals surface area (Å²) in [5, 5.41) is 0. The molecular formula is C15H21ClN4O. The lowest BCUT2D eigenvalue weighted by Crippen LogP contribution is -2.42. The van der Waals surface area contributed by atoms with Gasteiger partial charge in [-0.05, 0) is 26.1 Å². The van der Waals surface area contributed by atoms with Crippen LogP contribution in [-0.4, -0.2) is 58.2 Å². The summed E-state index contributed by atoms with van der Waals surface area (Å²) >= 11 is 5.92. The monoisotopic (exact) mass is 308 g/mol. The van der Waals surface area contributed by atoms with Gasteiger partial charge in [0.25, 0.3) is 0 Å². The van der Waals surface area contributed by atoms with Gasteiger partial charge in [0.05, 0.1) is 19.3 Å². The van der Waals surface area contributed by atoms with Gasteiger partial charge >= 0.3 is 0 Å². The summed E-state index contributed by atoms with van der Waals surface area (Å²) in [6.07, 6.45) is 0.928. The molecule has 2 aromatic rings. The van der Waals surface area contributed by atoms with Crippen molar-refractivity contribution in [1.29, 1.82) is 0 Å². The van der Waals surface area contributed by atoms with Gasteiger partial charge in [-0.2, -0.15) is 0 Å². The summed E-state index contributed by atoms with van der Waals surface area (Å²) in [7, 11) is 2.13. The molecule has 21 heavy (non-hydrogen) atoms. The molecule has 0 N–H and O–H groups in total. The van der Waals surface area contributed by atoms with Crippen molar-refractivity contribution in [1.82, 2.24) is 19.4 Å². The molecule has 1 aliphatic heterocycles. The third-order valence-corrected chi connectivity index (χ3v) is 4.05. The number of aromatic nitrogens is 3. The van der Waals surface area contributed by atoms with Crippen LogP contribution in [0.3, 0.4) is 0 Å². The average molecular weight is 309 g/mol. The van der Waals surface area contributed by atoms with Gasteiger partial charge in [-0.25, -0.2) is 9.97 Å². The van der Waals surface area contributed by atoms with Crippen LogP contribution in [0.5, 0.6) is 0 Å². The van der Waals surface area contributed by atoms with Crippen LogP contribution in [0, 0.1) is 6.92 Å². The van der Waals surface area contributed by atoms with Crippen molar-refractivity contribution in [3.8, 4) is 0 Å². The molecule has 0 aliphatic carbocycles. The zero-order chi connectivity index (χ0) is 14.8. The van der Waals surface area contributed by atoms with Crippen molar-refractivity contribution in [3.05, 3.63) is 23.7 Å². The van der Waals surface area contributed by atoms with E-state index in [4.69, 9.17) is 16.3 Å². The molecule has 3 rings (SSSR count). The maximum atomic E-state index is 5.92. The van der Waals surface area contributed by atoms with Crippen molar-refractivity contribution in [2.24, 2.45) is 0 Å². The molecule has 0 spiro atoms. The van der Waals surface area contributed by atoms with E-state index >= 15 is 0 Å². The van der Waals surface area contributed by atoms with E-state index in [0.717, 1.165) is 55.3 Å². The first-order valence-electron chi connectivity index (χ1n) is 7.36. The fourth-order valence-corrected chi connectivity index (χ4v) is 2.96. The molecule has 0 aromatic carbocycles. The molecule has 1 saturated heterocycles. The van der Waals surface area contributed by atoms with Crippen LogP contribution in [0.2, 0.25) is 0 Å². The van der Waals surface area contributed by atoms with Crippen LogP contribution < -0.4 is 0 Å². The highest BCUT2D eigenvalue weighted by Gasteiger charge is 2.21. The second-order valence-electron chi connectivity index (χ2n) is 5.63. The number of hydrogen-bond acceptors (Lipinski definition) is 4. The molecule has 1 atom stereocenters. The molecule has 0 radical (unpaired) electrons. The summed E-state index contributed by atoms with van der Waals surface area (Å²) in [6, 6.07) is 4.02. The lowest BCUT2D eigenvalue weighted by atomic mass is 10.2. The Hall–Kier alpha value is -1.17. The van der Waals surface area contributed by atoms with E-state index in [-0.39, 0.29) is 6.10 Å². The van der Waals surface area contributed by atoms with E-state index in [1.807, 2.05) is 19.1 Å². The third-order valence-electron chi connectivity index (χ3n) is 3.86. The Morgan fingerprint density at radius 2 is 2.24 bits per heavy atom. The largest absolute Gasteiger partial charge is 0.374 e. The number of halogens is 1. The minimum absolute atomic E-state index is 0.178. The van der Waals surface area contributed by atoms with Gasteiger partial charge in [-0.15, -0.1) is 11.6 Å². The van der Waals surface area contributed by atoms with E-state index in [9.17, 15) is 0 Å². The average Bonchev–Trinajstić information content (AvgIpc) is 2.77. The number of hydrogen-bond donors (Lipinski definition) is 0. The zero-order valence-corrected chi connectivity index (χ0v) is 13.3. The molecule has 0 amide bonds. The molecule has 5 nitrogen and oxygen atoms in total. The predicted octanol–water partition coefficient (Wildman–Crippen LogP) is 1.85. The Morgan fingerprint density at radius 3 is 3.00 bits per heavy atom. The molecular weight excluding hydrogens is 288 g/mol. The van der Waals surface area contributed by atoms with Crippen molar-refractivity contribution < 1.29 is 4.74 Å². The number of likely N-dealkylation sites (N-methyl/N-ethyl adjacent to an activating group) is 1. The van der Waals surface area contributed by atoms with Gasteiger partial charge < -0.3 is 14.2 Å². The van der Waals surface area contributed by atoms with Crippen molar-refractivity contribution in [2.75, 3.05) is 32.6 Å². The van der Waals surface area contributed by atoms with E-state index in [1.165, 1.54) is 0 Å². The van der Waals surface area contributed by atoms with Crippen molar-refractivity contribution >= 4 is 22.8 Å². The number of aryl methyl sites for hydroxylation is 2. The van der Waals surface area contributed by atoms with Crippen LogP contribution >= 0.6 is 11.6 Å². The maximum absolute atomic E-state index is 5.92. The fourth-order valence-electron chi connectivity index (χ4n) is 2.79. The number of imidazole rings is 1. The molecule has 114 valence electrons. The number of alkyl halides is 1. The van der Waals surface area contributed by atoms with Crippen LogP contribution in [-0.2, 0) is 17.7 Å². The lowest BCUT2D eigenvalue weighted by molar-refractivity contribution is -0.0273. The first-order valence-corrected chi connectivity index (χ1v) is 7.89. The highest BCUT2D eigenvalue weighted by molar-refractivity contribution is 6.17.